The van der Waals surface area contributed by atoms with Crippen LogP contribution in [0.5, 0.6) is 5.75 Å². The summed E-state index contributed by atoms with van der Waals surface area (Å²) in [4.78, 5) is 26.4. The van der Waals surface area contributed by atoms with Crippen LogP contribution in [-0.4, -0.2) is 31.5 Å². The first-order valence-electron chi connectivity index (χ1n) is 8.39. The zero-order chi connectivity index (χ0) is 18.5. The van der Waals surface area contributed by atoms with E-state index in [1.807, 2.05) is 30.3 Å². The van der Waals surface area contributed by atoms with Gasteiger partial charge in [0.2, 0.25) is 5.91 Å². The van der Waals surface area contributed by atoms with E-state index < -0.39 is 6.10 Å². The minimum absolute atomic E-state index is 0.0704. The van der Waals surface area contributed by atoms with Crippen molar-refractivity contribution in [3.8, 4) is 11.8 Å². The molecule has 132 valence electrons. The smallest absolute Gasteiger partial charge is 0.262 e. The van der Waals surface area contributed by atoms with Gasteiger partial charge in [0.1, 0.15) is 5.75 Å². The lowest BCUT2D eigenvalue weighted by atomic mass is 10.1. The molecule has 0 saturated carbocycles. The van der Waals surface area contributed by atoms with Gasteiger partial charge in [0.05, 0.1) is 23.9 Å². The van der Waals surface area contributed by atoms with E-state index in [4.69, 9.17) is 10.00 Å². The number of hydrogen-bond acceptors (Lipinski definition) is 4. The Labute approximate surface area is 152 Å². The summed E-state index contributed by atoms with van der Waals surface area (Å²) in [5, 5.41) is 11.4. The van der Waals surface area contributed by atoms with E-state index in [0.717, 1.165) is 5.56 Å². The van der Waals surface area contributed by atoms with Crippen LogP contribution in [0.1, 0.15) is 17.5 Å². The van der Waals surface area contributed by atoms with Crippen molar-refractivity contribution in [2.24, 2.45) is 0 Å². The SMILES string of the molecule is CNC(=O)[C@H]1CN(C(=O)CCc2ccc(C#N)cc2)c2ccccc2O1. The highest BCUT2D eigenvalue weighted by atomic mass is 16.5. The molecule has 26 heavy (non-hydrogen) atoms. The highest BCUT2D eigenvalue weighted by Crippen LogP contribution is 2.33. The number of carbonyl (C=O) groups excluding carboxylic acids is 2. The molecule has 2 aromatic rings. The molecule has 0 aromatic heterocycles. The summed E-state index contributed by atoms with van der Waals surface area (Å²) in [6.07, 6.45) is 0.142. The van der Waals surface area contributed by atoms with Crippen LogP contribution in [0.3, 0.4) is 0 Å². The Morgan fingerprint density at radius 2 is 1.96 bits per heavy atom. The minimum Gasteiger partial charge on any atom is -0.477 e. The van der Waals surface area contributed by atoms with Crippen molar-refractivity contribution < 1.29 is 14.3 Å². The Hall–Kier alpha value is -3.33. The summed E-state index contributed by atoms with van der Waals surface area (Å²) in [5.74, 6) is 0.197. The third-order valence-electron chi connectivity index (χ3n) is 4.32. The molecule has 6 heteroatoms. The van der Waals surface area contributed by atoms with Crippen molar-refractivity contribution in [1.29, 1.82) is 5.26 Å². The molecule has 3 rings (SSSR count). The first-order valence-corrected chi connectivity index (χ1v) is 8.39. The van der Waals surface area contributed by atoms with Crippen LogP contribution < -0.4 is 15.0 Å². The second-order valence-electron chi connectivity index (χ2n) is 6.00. The fraction of sp³-hybridized carbons (Fsp3) is 0.250. The van der Waals surface area contributed by atoms with Crippen LogP contribution in [0.15, 0.2) is 48.5 Å². The number of anilines is 1. The van der Waals surface area contributed by atoms with Gasteiger partial charge < -0.3 is 15.0 Å². The first-order chi connectivity index (χ1) is 12.6. The number of nitriles is 1. The molecule has 1 aliphatic heterocycles. The zero-order valence-corrected chi connectivity index (χ0v) is 14.4. The summed E-state index contributed by atoms with van der Waals surface area (Å²) in [5.41, 5.74) is 2.26. The average molecular weight is 349 g/mol. The quantitative estimate of drug-likeness (QED) is 0.916. The largest absolute Gasteiger partial charge is 0.477 e. The number of nitrogens with zero attached hydrogens (tertiary/aromatic N) is 2. The van der Waals surface area contributed by atoms with Gasteiger partial charge in [-0.3, -0.25) is 9.59 Å². The lowest BCUT2D eigenvalue weighted by molar-refractivity contribution is -0.127. The fourth-order valence-electron chi connectivity index (χ4n) is 2.90. The molecule has 6 nitrogen and oxygen atoms in total. The number of rotatable bonds is 4. The van der Waals surface area contributed by atoms with Gasteiger partial charge in [0.25, 0.3) is 5.91 Å². The fourth-order valence-corrected chi connectivity index (χ4v) is 2.90. The molecule has 0 radical (unpaired) electrons. The first kappa shape index (κ1) is 17.5. The van der Waals surface area contributed by atoms with Crippen molar-refractivity contribution >= 4 is 17.5 Å². The predicted molar refractivity (Wildman–Crippen MR) is 96.8 cm³/mol. The van der Waals surface area contributed by atoms with E-state index in [1.54, 1.807) is 30.1 Å². The molecule has 2 amide bonds. The van der Waals surface area contributed by atoms with Gasteiger partial charge in [-0.25, -0.2) is 0 Å². The van der Waals surface area contributed by atoms with Gasteiger partial charge in [-0.05, 0) is 36.2 Å². The van der Waals surface area contributed by atoms with E-state index in [9.17, 15) is 9.59 Å². The van der Waals surface area contributed by atoms with E-state index in [-0.39, 0.29) is 18.4 Å². The molecular weight excluding hydrogens is 330 g/mol. The van der Waals surface area contributed by atoms with Gasteiger partial charge in [-0.2, -0.15) is 5.26 Å². The molecule has 1 heterocycles. The van der Waals surface area contributed by atoms with Crippen molar-refractivity contribution in [2.45, 2.75) is 18.9 Å². The van der Waals surface area contributed by atoms with Crippen LogP contribution in [0, 0.1) is 11.3 Å². The van der Waals surface area contributed by atoms with Crippen molar-refractivity contribution in [1.82, 2.24) is 5.32 Å². The number of amides is 2. The topological polar surface area (TPSA) is 82.4 Å². The second kappa shape index (κ2) is 7.70. The predicted octanol–water partition coefficient (Wildman–Crippen LogP) is 2.03. The molecule has 1 N–H and O–H groups in total. The number of fused-ring (bicyclic) bond motifs is 1. The zero-order valence-electron chi connectivity index (χ0n) is 14.4. The van der Waals surface area contributed by atoms with Gasteiger partial charge in [0.15, 0.2) is 6.10 Å². The monoisotopic (exact) mass is 349 g/mol. The Morgan fingerprint density at radius 3 is 2.65 bits per heavy atom. The van der Waals surface area contributed by atoms with E-state index >= 15 is 0 Å². The van der Waals surface area contributed by atoms with Crippen molar-refractivity contribution in [3.05, 3.63) is 59.7 Å². The summed E-state index contributed by atoms with van der Waals surface area (Å²) in [6, 6.07) is 16.5. The third kappa shape index (κ3) is 3.67. The molecule has 0 spiro atoms. The number of para-hydroxylation sites is 2. The Kier molecular flexibility index (Phi) is 5.18. The van der Waals surface area contributed by atoms with E-state index in [1.165, 1.54) is 0 Å². The molecule has 0 aliphatic carbocycles. The van der Waals surface area contributed by atoms with Gasteiger partial charge in [0, 0.05) is 13.5 Å². The molecule has 0 bridgehead atoms. The summed E-state index contributed by atoms with van der Waals surface area (Å²) < 4.78 is 5.72. The van der Waals surface area contributed by atoms with E-state index in [2.05, 4.69) is 11.4 Å². The number of likely N-dealkylation sites (N-methyl/N-ethyl adjacent to an activating group) is 1. The number of carbonyl (C=O) groups is 2. The Balaban J connectivity index is 1.74. The third-order valence-corrected chi connectivity index (χ3v) is 4.32. The summed E-state index contributed by atoms with van der Waals surface area (Å²) >= 11 is 0. The van der Waals surface area contributed by atoms with Crippen LogP contribution in [0.25, 0.3) is 0 Å². The molecule has 0 saturated heterocycles. The number of nitrogens with one attached hydrogen (secondary N) is 1. The molecule has 2 aromatic carbocycles. The number of benzene rings is 2. The average Bonchev–Trinajstić information content (AvgIpc) is 2.70. The van der Waals surface area contributed by atoms with Gasteiger partial charge in [-0.15, -0.1) is 0 Å². The number of hydrogen-bond donors (Lipinski definition) is 1. The molecule has 1 atom stereocenters. The van der Waals surface area contributed by atoms with Crippen LogP contribution in [0.2, 0.25) is 0 Å². The van der Waals surface area contributed by atoms with E-state index in [0.29, 0.717) is 29.8 Å². The van der Waals surface area contributed by atoms with Crippen molar-refractivity contribution in [2.75, 3.05) is 18.5 Å². The number of aryl methyl sites for hydroxylation is 1. The van der Waals surface area contributed by atoms with Gasteiger partial charge >= 0.3 is 0 Å². The Bertz CT molecular complexity index is 855. The minimum atomic E-state index is -0.728. The standard InChI is InChI=1S/C20H19N3O3/c1-22-20(25)18-13-23(16-4-2-3-5-17(16)26-18)19(24)11-10-14-6-8-15(12-21)9-7-14/h2-9,18H,10-11,13H2,1H3,(H,22,25)/t18-/m1/s1. The maximum absolute atomic E-state index is 12.8. The van der Waals surface area contributed by atoms with Crippen molar-refractivity contribution in [3.63, 3.8) is 0 Å². The molecule has 0 unspecified atom stereocenters. The lowest BCUT2D eigenvalue weighted by Gasteiger charge is -2.34. The maximum Gasteiger partial charge on any atom is 0.262 e. The maximum atomic E-state index is 12.8. The summed E-state index contributed by atoms with van der Waals surface area (Å²) in [7, 11) is 1.54. The van der Waals surface area contributed by atoms with Crippen LogP contribution >= 0.6 is 0 Å². The Morgan fingerprint density at radius 1 is 1.23 bits per heavy atom. The summed E-state index contributed by atoms with van der Waals surface area (Å²) in [6.45, 7) is 0.183. The van der Waals surface area contributed by atoms with Gasteiger partial charge in [-0.1, -0.05) is 24.3 Å². The second-order valence-corrected chi connectivity index (χ2v) is 6.00. The normalized spacial score (nSPS) is 15.4. The molecular formula is C20H19N3O3. The van der Waals surface area contributed by atoms with Crippen LogP contribution in [0.4, 0.5) is 5.69 Å². The highest BCUT2D eigenvalue weighted by molar-refractivity contribution is 5.97. The molecule has 1 aliphatic rings. The molecule has 0 fully saturated rings. The lowest BCUT2D eigenvalue weighted by Crippen LogP contribution is -2.50. The number of ether oxygens (including phenoxy) is 1. The highest BCUT2D eigenvalue weighted by Gasteiger charge is 2.32. The van der Waals surface area contributed by atoms with Crippen LogP contribution in [-0.2, 0) is 16.0 Å².